The number of nitrogens with two attached hydrogens (primary N) is 1. The van der Waals surface area contributed by atoms with Crippen LogP contribution in [0.15, 0.2) is 22.7 Å². The molecule has 0 radical (unpaired) electrons. The third-order valence-electron chi connectivity index (χ3n) is 3.07. The number of rotatable bonds is 3. The summed E-state index contributed by atoms with van der Waals surface area (Å²) in [6, 6.07) is 6.10. The van der Waals surface area contributed by atoms with Crippen molar-refractivity contribution in [3.63, 3.8) is 0 Å². The molecule has 0 fully saturated rings. The molecule has 0 saturated heterocycles. The normalized spacial score (nSPS) is 10.6. The first kappa shape index (κ1) is 15.1. The molecule has 106 valence electrons. The van der Waals surface area contributed by atoms with Crippen LogP contribution in [-0.4, -0.2) is 12.6 Å². The van der Waals surface area contributed by atoms with Crippen molar-refractivity contribution in [3.05, 3.63) is 38.7 Å². The second-order valence-electron chi connectivity index (χ2n) is 4.48. The fourth-order valence-corrected chi connectivity index (χ4v) is 3.30. The van der Waals surface area contributed by atoms with Gasteiger partial charge in [0.2, 0.25) is 0 Å². The van der Waals surface area contributed by atoms with Crippen LogP contribution in [-0.2, 0) is 4.74 Å². The van der Waals surface area contributed by atoms with Gasteiger partial charge in [-0.1, -0.05) is 22.0 Å². The zero-order valence-corrected chi connectivity index (χ0v) is 14.0. The molecule has 2 rings (SSSR count). The highest BCUT2D eigenvalue weighted by atomic mass is 79.9. The molecule has 1 heterocycles. The predicted octanol–water partition coefficient (Wildman–Crippen LogP) is 4.55. The van der Waals surface area contributed by atoms with E-state index in [1.165, 1.54) is 11.3 Å². The molecule has 20 heavy (non-hydrogen) atoms. The van der Waals surface area contributed by atoms with E-state index >= 15 is 0 Å². The number of esters is 1. The Labute approximate surface area is 130 Å². The van der Waals surface area contributed by atoms with Crippen molar-refractivity contribution in [1.29, 1.82) is 0 Å². The molecule has 0 aliphatic carbocycles. The van der Waals surface area contributed by atoms with Gasteiger partial charge >= 0.3 is 5.97 Å². The van der Waals surface area contributed by atoms with Crippen molar-refractivity contribution in [2.45, 2.75) is 20.8 Å². The lowest BCUT2D eigenvalue weighted by Gasteiger charge is -2.03. The largest absolute Gasteiger partial charge is 0.462 e. The Morgan fingerprint density at radius 3 is 2.70 bits per heavy atom. The van der Waals surface area contributed by atoms with E-state index in [0.717, 1.165) is 26.0 Å². The summed E-state index contributed by atoms with van der Waals surface area (Å²) in [6.45, 7) is 6.10. The van der Waals surface area contributed by atoms with Crippen molar-refractivity contribution in [2.75, 3.05) is 12.3 Å². The van der Waals surface area contributed by atoms with Gasteiger partial charge in [-0.3, -0.25) is 0 Å². The summed E-state index contributed by atoms with van der Waals surface area (Å²) in [7, 11) is 0. The number of hydrogen-bond donors (Lipinski definition) is 1. The SMILES string of the molecule is CCOC(=O)c1sc(-c2ccc(Br)c(C)c2)c(C)c1N. The maximum Gasteiger partial charge on any atom is 0.350 e. The van der Waals surface area contributed by atoms with Gasteiger partial charge in [-0.25, -0.2) is 4.79 Å². The van der Waals surface area contributed by atoms with E-state index in [2.05, 4.69) is 22.0 Å². The van der Waals surface area contributed by atoms with E-state index in [4.69, 9.17) is 10.5 Å². The highest BCUT2D eigenvalue weighted by Gasteiger charge is 2.20. The number of halogens is 1. The molecule has 0 amide bonds. The molecule has 0 aliphatic rings. The predicted molar refractivity (Wildman–Crippen MR) is 87.3 cm³/mol. The monoisotopic (exact) mass is 353 g/mol. The van der Waals surface area contributed by atoms with Crippen molar-refractivity contribution < 1.29 is 9.53 Å². The lowest BCUT2D eigenvalue weighted by Crippen LogP contribution is -2.05. The standard InChI is InChI=1S/C15H16BrNO2S/c1-4-19-15(18)14-12(17)9(3)13(20-14)10-5-6-11(16)8(2)7-10/h5-7H,4,17H2,1-3H3. The highest BCUT2D eigenvalue weighted by molar-refractivity contribution is 9.10. The average Bonchev–Trinajstić information content (AvgIpc) is 2.70. The summed E-state index contributed by atoms with van der Waals surface area (Å²) in [5.41, 5.74) is 9.70. The number of carbonyl (C=O) groups excluding carboxylic acids is 1. The first-order valence-electron chi connectivity index (χ1n) is 6.28. The second kappa shape index (κ2) is 5.97. The average molecular weight is 354 g/mol. The number of nitrogen functional groups attached to an aromatic ring is 1. The molecule has 0 saturated carbocycles. The van der Waals surface area contributed by atoms with Crippen molar-refractivity contribution in [3.8, 4) is 10.4 Å². The van der Waals surface area contributed by atoms with Crippen LogP contribution in [0.5, 0.6) is 0 Å². The Hall–Kier alpha value is -1.33. The van der Waals surface area contributed by atoms with E-state index in [0.29, 0.717) is 17.2 Å². The topological polar surface area (TPSA) is 52.3 Å². The van der Waals surface area contributed by atoms with Crippen LogP contribution in [0.4, 0.5) is 5.69 Å². The van der Waals surface area contributed by atoms with Crippen LogP contribution in [0.2, 0.25) is 0 Å². The second-order valence-corrected chi connectivity index (χ2v) is 6.36. The fraction of sp³-hybridized carbons (Fsp3) is 0.267. The zero-order chi connectivity index (χ0) is 14.9. The Kier molecular flexibility index (Phi) is 4.50. The van der Waals surface area contributed by atoms with Gasteiger partial charge in [-0.05, 0) is 49.6 Å². The van der Waals surface area contributed by atoms with Crippen LogP contribution in [0.1, 0.15) is 27.7 Å². The lowest BCUT2D eigenvalue weighted by atomic mass is 10.1. The Balaban J connectivity index is 2.50. The van der Waals surface area contributed by atoms with Gasteiger partial charge in [0.15, 0.2) is 0 Å². The zero-order valence-electron chi connectivity index (χ0n) is 11.6. The van der Waals surface area contributed by atoms with E-state index < -0.39 is 0 Å². The van der Waals surface area contributed by atoms with Crippen LogP contribution in [0, 0.1) is 13.8 Å². The molecule has 0 bridgehead atoms. The van der Waals surface area contributed by atoms with E-state index in [9.17, 15) is 4.79 Å². The molecule has 0 spiro atoms. The first-order valence-corrected chi connectivity index (χ1v) is 7.89. The molecule has 0 aliphatic heterocycles. The summed E-state index contributed by atoms with van der Waals surface area (Å²) in [5, 5.41) is 0. The van der Waals surface area contributed by atoms with Crippen molar-refractivity contribution >= 4 is 38.9 Å². The Morgan fingerprint density at radius 1 is 1.40 bits per heavy atom. The third-order valence-corrected chi connectivity index (χ3v) is 5.30. The Bertz CT molecular complexity index is 664. The number of anilines is 1. The summed E-state index contributed by atoms with van der Waals surface area (Å²) >= 11 is 4.88. The van der Waals surface area contributed by atoms with Crippen LogP contribution in [0.25, 0.3) is 10.4 Å². The van der Waals surface area contributed by atoms with Gasteiger partial charge in [-0.15, -0.1) is 11.3 Å². The molecule has 1 aromatic carbocycles. The molecular weight excluding hydrogens is 338 g/mol. The summed E-state index contributed by atoms with van der Waals surface area (Å²) in [5.74, 6) is -0.349. The van der Waals surface area contributed by atoms with Gasteiger partial charge in [0.1, 0.15) is 4.88 Å². The molecule has 2 aromatic rings. The minimum Gasteiger partial charge on any atom is -0.462 e. The minimum absolute atomic E-state index is 0.349. The molecule has 0 atom stereocenters. The number of carbonyl (C=O) groups is 1. The Morgan fingerprint density at radius 2 is 2.10 bits per heavy atom. The van der Waals surface area contributed by atoms with Gasteiger partial charge in [0.25, 0.3) is 0 Å². The molecule has 2 N–H and O–H groups in total. The maximum absolute atomic E-state index is 11.9. The van der Waals surface area contributed by atoms with Gasteiger partial charge in [-0.2, -0.15) is 0 Å². The number of benzene rings is 1. The van der Waals surface area contributed by atoms with E-state index in [-0.39, 0.29) is 5.97 Å². The van der Waals surface area contributed by atoms with Crippen molar-refractivity contribution in [1.82, 2.24) is 0 Å². The molecule has 1 aromatic heterocycles. The summed E-state index contributed by atoms with van der Waals surface area (Å²) in [6.07, 6.45) is 0. The summed E-state index contributed by atoms with van der Waals surface area (Å²) in [4.78, 5) is 13.4. The number of thiophene rings is 1. The fourth-order valence-electron chi connectivity index (χ4n) is 1.94. The van der Waals surface area contributed by atoms with Gasteiger partial charge in [0.05, 0.1) is 12.3 Å². The molecule has 0 unspecified atom stereocenters. The smallest absolute Gasteiger partial charge is 0.350 e. The minimum atomic E-state index is -0.349. The highest BCUT2D eigenvalue weighted by Crippen LogP contribution is 2.39. The first-order chi connectivity index (χ1) is 9.45. The molecule has 3 nitrogen and oxygen atoms in total. The number of hydrogen-bond acceptors (Lipinski definition) is 4. The lowest BCUT2D eigenvalue weighted by molar-refractivity contribution is 0.0533. The van der Waals surface area contributed by atoms with Gasteiger partial charge in [0, 0.05) is 9.35 Å². The third kappa shape index (κ3) is 2.74. The molecule has 5 heteroatoms. The molecular formula is C15H16BrNO2S. The maximum atomic E-state index is 11.9. The number of aryl methyl sites for hydroxylation is 1. The van der Waals surface area contributed by atoms with E-state index in [1.54, 1.807) is 6.92 Å². The summed E-state index contributed by atoms with van der Waals surface area (Å²) < 4.78 is 6.10. The number of ether oxygens (including phenoxy) is 1. The van der Waals surface area contributed by atoms with Crippen LogP contribution in [0.3, 0.4) is 0 Å². The van der Waals surface area contributed by atoms with Crippen LogP contribution >= 0.6 is 27.3 Å². The van der Waals surface area contributed by atoms with Crippen LogP contribution < -0.4 is 5.73 Å². The quantitative estimate of drug-likeness (QED) is 0.823. The van der Waals surface area contributed by atoms with Gasteiger partial charge < -0.3 is 10.5 Å². The van der Waals surface area contributed by atoms with E-state index in [1.807, 2.05) is 26.0 Å². The van der Waals surface area contributed by atoms with Crippen molar-refractivity contribution in [2.24, 2.45) is 0 Å².